The monoisotopic (exact) mass is 853 g/mol. The first kappa shape index (κ1) is 41.7. The summed E-state index contributed by atoms with van der Waals surface area (Å²) >= 11 is -5.02. The Morgan fingerprint density at radius 2 is 0.926 bits per heavy atom. The molecule has 0 aromatic heterocycles. The third kappa shape index (κ3) is 7.12. The molecule has 2 aliphatic carbocycles. The predicted molar refractivity (Wildman–Crippen MR) is 242 cm³/mol. The molecule has 4 aromatic carbocycles. The molecule has 0 N–H and O–H groups in total. The van der Waals surface area contributed by atoms with E-state index in [2.05, 4.69) is 167 Å². The van der Waals surface area contributed by atoms with E-state index in [0.717, 1.165) is 25.7 Å². The van der Waals surface area contributed by atoms with E-state index >= 15 is 0 Å². The van der Waals surface area contributed by atoms with Gasteiger partial charge >= 0.3 is 340 Å². The molecule has 6 rings (SSSR count). The fraction of sp³-hybridized carbons (Fsp3) is 0.440. The van der Waals surface area contributed by atoms with Crippen molar-refractivity contribution in [3.8, 4) is 22.3 Å². The van der Waals surface area contributed by atoms with Crippen molar-refractivity contribution < 1.29 is 15.6 Å². The first-order chi connectivity index (χ1) is 25.5. The molecule has 4 heteroatoms. The molecule has 2 atom stereocenters. The van der Waals surface area contributed by atoms with Crippen LogP contribution in [-0.2, 0) is 28.4 Å². The maximum absolute atomic E-state index is 9.03. The van der Waals surface area contributed by atoms with E-state index < -0.39 is 21.5 Å². The zero-order chi connectivity index (χ0) is 39.3. The van der Waals surface area contributed by atoms with Gasteiger partial charge in [0.1, 0.15) is 0 Å². The molecule has 0 amide bonds. The number of halogens is 2. The van der Waals surface area contributed by atoms with Crippen molar-refractivity contribution in [1.82, 2.24) is 0 Å². The summed E-state index contributed by atoms with van der Waals surface area (Å²) in [6.45, 7) is 28.4. The molecule has 2 unspecified atom stereocenters. The van der Waals surface area contributed by atoms with E-state index in [1.165, 1.54) is 77.9 Å². The van der Waals surface area contributed by atoms with Gasteiger partial charge in [-0.15, -0.1) is 0 Å². The SMILES string of the molecule is CCc1ccccc1-c1c(C(C)C)ccc2c1C=C(CC(C)C)[CH]2[Zr]([Cl])([Cl])([CH]1C(CC(C)C)=Cc2c1ccc(C(C)C)c2-c1ccccc1CC)[SiH](C)C. The van der Waals surface area contributed by atoms with Gasteiger partial charge in [0.25, 0.3) is 0 Å². The summed E-state index contributed by atoms with van der Waals surface area (Å²) in [7, 11) is 18.1. The van der Waals surface area contributed by atoms with Crippen molar-refractivity contribution >= 4 is 35.1 Å². The second-order valence-electron chi connectivity index (χ2n) is 18.3. The Kier molecular flexibility index (Phi) is 12.4. The number of hydrogen-bond acceptors (Lipinski definition) is 0. The van der Waals surface area contributed by atoms with Crippen LogP contribution >= 0.6 is 17.0 Å². The Balaban J connectivity index is 1.71. The molecule has 0 saturated carbocycles. The van der Waals surface area contributed by atoms with Gasteiger partial charge < -0.3 is 0 Å². The van der Waals surface area contributed by atoms with Gasteiger partial charge in [-0.05, 0) is 0 Å². The Hall–Kier alpha value is -1.96. The number of hydrogen-bond donors (Lipinski definition) is 0. The Bertz CT molecular complexity index is 1950. The third-order valence-electron chi connectivity index (χ3n) is 12.7. The first-order valence-corrected chi connectivity index (χ1v) is 37.3. The van der Waals surface area contributed by atoms with Crippen molar-refractivity contribution in [2.45, 2.75) is 127 Å². The zero-order valence-corrected chi connectivity index (χ0v) is 40.3. The van der Waals surface area contributed by atoms with Crippen LogP contribution in [0, 0.1) is 11.8 Å². The van der Waals surface area contributed by atoms with Gasteiger partial charge in [0.15, 0.2) is 0 Å². The van der Waals surface area contributed by atoms with Crippen LogP contribution in [0.5, 0.6) is 0 Å². The van der Waals surface area contributed by atoms with Crippen LogP contribution in [0.25, 0.3) is 34.4 Å². The second kappa shape index (κ2) is 16.1. The van der Waals surface area contributed by atoms with E-state index in [4.69, 9.17) is 17.0 Å². The van der Waals surface area contributed by atoms with E-state index in [0.29, 0.717) is 23.7 Å². The molecule has 2 aliphatic rings. The molecule has 0 spiro atoms. The molecule has 0 fully saturated rings. The van der Waals surface area contributed by atoms with Gasteiger partial charge in [0.05, 0.1) is 0 Å². The standard InChI is InChI=1S/2C24H29.C2H7Si.2ClH.Zr/c2*1-6-19-9-7-8-10-22(19)24-21(17(4)5)12-11-20-14-18(13-16(2)3)15-23(20)24;1-3-2;;;/h2*7-12,14-17H,6,13H2,1-5H3;3H,1-2H3;2*1H;/q;;;;;+2/p-2. The zero-order valence-electron chi connectivity index (χ0n) is 35.2. The van der Waals surface area contributed by atoms with Gasteiger partial charge in [-0.3, -0.25) is 0 Å². The summed E-state index contributed by atoms with van der Waals surface area (Å²) < 4.78 is 0.158. The average Bonchev–Trinajstić information content (AvgIpc) is 3.68. The number of benzene rings is 4. The average molecular weight is 856 g/mol. The first-order valence-electron chi connectivity index (χ1n) is 21.0. The predicted octanol–water partition coefficient (Wildman–Crippen LogP) is 16.0. The summed E-state index contributed by atoms with van der Waals surface area (Å²) in [5.41, 5.74) is 19.8. The number of rotatable bonds is 13. The van der Waals surface area contributed by atoms with Crippen molar-refractivity contribution in [3.05, 3.63) is 128 Å². The van der Waals surface area contributed by atoms with Crippen LogP contribution in [0.15, 0.2) is 83.9 Å². The molecule has 287 valence electrons. The summed E-state index contributed by atoms with van der Waals surface area (Å²) in [6, 6.07) is 28.0. The van der Waals surface area contributed by atoms with Crippen LogP contribution in [0.1, 0.15) is 146 Å². The quantitative estimate of drug-likeness (QED) is 0.118. The van der Waals surface area contributed by atoms with E-state index in [9.17, 15) is 0 Å². The van der Waals surface area contributed by atoms with Crippen LogP contribution in [0.3, 0.4) is 0 Å². The second-order valence-corrected chi connectivity index (χ2v) is 60.8. The van der Waals surface area contributed by atoms with Crippen LogP contribution in [0.4, 0.5) is 0 Å². The summed E-state index contributed by atoms with van der Waals surface area (Å²) in [6.07, 6.45) is 9.22. The molecule has 0 heterocycles. The summed E-state index contributed by atoms with van der Waals surface area (Å²) in [5.74, 6) is 0.0627. The minimum atomic E-state index is -5.02. The Morgan fingerprint density at radius 3 is 1.24 bits per heavy atom. The van der Waals surface area contributed by atoms with Crippen LogP contribution in [-0.4, -0.2) is 5.92 Å². The summed E-state index contributed by atoms with van der Waals surface area (Å²) in [5, 5.41) is 0. The molecule has 0 aliphatic heterocycles. The molecule has 0 bridgehead atoms. The van der Waals surface area contributed by atoms with Crippen molar-refractivity contribution in [1.29, 1.82) is 0 Å². The van der Waals surface area contributed by atoms with Crippen molar-refractivity contribution in [2.75, 3.05) is 0 Å². The minimum absolute atomic E-state index is 0.0789. The van der Waals surface area contributed by atoms with Crippen LogP contribution < -0.4 is 0 Å². The molecular formula is C50H65Cl2SiZr. The van der Waals surface area contributed by atoms with E-state index in [1.807, 2.05) is 0 Å². The molecule has 0 nitrogen and oxygen atoms in total. The fourth-order valence-corrected chi connectivity index (χ4v) is 41.6. The molecule has 4 aromatic rings. The van der Waals surface area contributed by atoms with Crippen molar-refractivity contribution in [3.63, 3.8) is 0 Å². The van der Waals surface area contributed by atoms with Gasteiger partial charge in [-0.25, -0.2) is 0 Å². The third-order valence-corrected chi connectivity index (χ3v) is 64.6. The van der Waals surface area contributed by atoms with Crippen molar-refractivity contribution in [2.24, 2.45) is 11.8 Å². The Morgan fingerprint density at radius 1 is 0.556 bits per heavy atom. The van der Waals surface area contributed by atoms with E-state index in [-0.39, 0.29) is 7.25 Å². The van der Waals surface area contributed by atoms with Gasteiger partial charge in [-0.2, -0.15) is 0 Å². The topological polar surface area (TPSA) is 0 Å². The van der Waals surface area contributed by atoms with E-state index in [1.54, 1.807) is 0 Å². The Labute approximate surface area is 337 Å². The van der Waals surface area contributed by atoms with Gasteiger partial charge in [0.2, 0.25) is 0 Å². The number of allylic oxidation sites excluding steroid dienone is 2. The molecule has 0 radical (unpaired) electrons. The molecule has 0 saturated heterocycles. The van der Waals surface area contributed by atoms with Gasteiger partial charge in [0, 0.05) is 0 Å². The number of fused-ring (bicyclic) bond motifs is 2. The van der Waals surface area contributed by atoms with Crippen LogP contribution in [0.2, 0.25) is 13.1 Å². The fourth-order valence-electron chi connectivity index (χ4n) is 10.2. The normalized spacial score (nSPS) is 17.7. The molecular weight excluding hydrogens is 791 g/mol. The molecule has 54 heavy (non-hydrogen) atoms. The maximum atomic E-state index is 9.03. The van der Waals surface area contributed by atoms with Gasteiger partial charge in [-0.1, -0.05) is 0 Å². The summed E-state index contributed by atoms with van der Waals surface area (Å²) in [4.78, 5) is 0. The number of aryl methyl sites for hydroxylation is 2.